The average molecular weight is 256 g/mol. The highest BCUT2D eigenvalue weighted by atomic mass is 16.5. The minimum Gasteiger partial charge on any atom is -0.462 e. The first kappa shape index (κ1) is 16.7. The molecule has 0 rings (SSSR count). The zero-order valence-corrected chi connectivity index (χ0v) is 11.8. The number of carbonyl (C=O) groups excluding carboxylic acids is 2. The molecule has 4 nitrogen and oxygen atoms in total. The second-order valence-electron chi connectivity index (χ2n) is 4.54. The molecule has 0 N–H and O–H groups in total. The smallest absolute Gasteiger partial charge is 0.306 e. The van der Waals surface area contributed by atoms with Crippen LogP contribution in [0.1, 0.15) is 47.0 Å². The lowest BCUT2D eigenvalue weighted by Crippen LogP contribution is -2.20. The Kier molecular flexibility index (Phi) is 8.97. The van der Waals surface area contributed by atoms with Crippen LogP contribution in [0.3, 0.4) is 0 Å². The summed E-state index contributed by atoms with van der Waals surface area (Å²) in [4.78, 5) is 22.6. The summed E-state index contributed by atoms with van der Waals surface area (Å²) in [5.41, 5.74) is 0. The molecule has 0 aromatic carbocycles. The van der Waals surface area contributed by atoms with E-state index in [1.54, 1.807) is 6.08 Å². The van der Waals surface area contributed by atoms with E-state index in [1.165, 1.54) is 0 Å². The van der Waals surface area contributed by atoms with E-state index in [2.05, 4.69) is 0 Å². The first-order chi connectivity index (χ1) is 8.47. The van der Waals surface area contributed by atoms with Gasteiger partial charge in [0, 0.05) is 12.8 Å². The number of allylic oxidation sites excluding steroid dienone is 1. The molecule has 0 aliphatic rings. The Morgan fingerprint density at radius 1 is 1.11 bits per heavy atom. The van der Waals surface area contributed by atoms with Crippen molar-refractivity contribution in [3.05, 3.63) is 12.2 Å². The molecule has 0 heterocycles. The number of hydrogen-bond acceptors (Lipinski definition) is 4. The topological polar surface area (TPSA) is 52.6 Å². The summed E-state index contributed by atoms with van der Waals surface area (Å²) in [6, 6.07) is 0. The van der Waals surface area contributed by atoms with E-state index in [9.17, 15) is 9.59 Å². The molecule has 0 aromatic rings. The van der Waals surface area contributed by atoms with Crippen molar-refractivity contribution in [3.8, 4) is 0 Å². The molecule has 1 unspecified atom stereocenters. The van der Waals surface area contributed by atoms with Crippen molar-refractivity contribution in [1.29, 1.82) is 0 Å². The maximum atomic E-state index is 11.4. The zero-order chi connectivity index (χ0) is 14.0. The summed E-state index contributed by atoms with van der Waals surface area (Å²) in [7, 11) is 0. The van der Waals surface area contributed by atoms with Crippen molar-refractivity contribution < 1.29 is 19.1 Å². The van der Waals surface area contributed by atoms with Gasteiger partial charge >= 0.3 is 11.9 Å². The summed E-state index contributed by atoms with van der Waals surface area (Å²) in [5, 5.41) is 0. The minimum absolute atomic E-state index is 0.0841. The van der Waals surface area contributed by atoms with Gasteiger partial charge in [0.15, 0.2) is 0 Å². The molecule has 0 saturated carbocycles. The molecule has 0 saturated heterocycles. The quantitative estimate of drug-likeness (QED) is 0.495. The first-order valence-electron chi connectivity index (χ1n) is 6.43. The molecule has 1 atom stereocenters. The van der Waals surface area contributed by atoms with Crippen LogP contribution in [0, 0.1) is 5.92 Å². The Bertz CT molecular complexity index is 282. The van der Waals surface area contributed by atoms with Crippen molar-refractivity contribution in [2.24, 2.45) is 5.92 Å². The molecule has 0 bridgehead atoms. The predicted octanol–water partition coefficient (Wildman–Crippen LogP) is 2.86. The molecule has 4 heteroatoms. The summed E-state index contributed by atoms with van der Waals surface area (Å²) in [6.07, 6.45) is 4.48. The maximum absolute atomic E-state index is 11.4. The number of esters is 2. The standard InChI is InChI=1S/C14H24O4/c1-5-6-10-17-13(15)8-7-9-14(16)18-12(4)11(2)3/h5-6,11-12H,7-10H2,1-4H3/b6-5+. The van der Waals surface area contributed by atoms with Crippen molar-refractivity contribution >= 4 is 11.9 Å². The fourth-order valence-corrected chi connectivity index (χ4v) is 1.09. The highest BCUT2D eigenvalue weighted by Crippen LogP contribution is 2.08. The van der Waals surface area contributed by atoms with Crippen molar-refractivity contribution in [3.63, 3.8) is 0 Å². The lowest BCUT2D eigenvalue weighted by Gasteiger charge is -2.16. The van der Waals surface area contributed by atoms with E-state index in [0.717, 1.165) is 0 Å². The summed E-state index contributed by atoms with van der Waals surface area (Å²) in [6.45, 7) is 8.02. The van der Waals surface area contributed by atoms with E-state index in [4.69, 9.17) is 9.47 Å². The average Bonchev–Trinajstić information content (AvgIpc) is 2.29. The van der Waals surface area contributed by atoms with Crippen molar-refractivity contribution in [2.45, 2.75) is 53.1 Å². The van der Waals surface area contributed by atoms with E-state index < -0.39 is 0 Å². The Labute approximate surface area is 109 Å². The van der Waals surface area contributed by atoms with Gasteiger partial charge < -0.3 is 9.47 Å². The molecule has 0 aromatic heterocycles. The van der Waals surface area contributed by atoms with E-state index in [0.29, 0.717) is 18.9 Å². The van der Waals surface area contributed by atoms with Gasteiger partial charge in [-0.3, -0.25) is 9.59 Å². The largest absolute Gasteiger partial charge is 0.462 e. The first-order valence-corrected chi connectivity index (χ1v) is 6.43. The van der Waals surface area contributed by atoms with E-state index in [1.807, 2.05) is 33.8 Å². The molecule has 0 radical (unpaired) electrons. The van der Waals surface area contributed by atoms with E-state index in [-0.39, 0.29) is 30.9 Å². The second kappa shape index (κ2) is 9.68. The molecule has 18 heavy (non-hydrogen) atoms. The number of carbonyl (C=O) groups is 2. The molecule has 0 amide bonds. The molecule has 0 aliphatic carbocycles. The van der Waals surface area contributed by atoms with E-state index >= 15 is 0 Å². The van der Waals surface area contributed by atoms with Gasteiger partial charge in [-0.25, -0.2) is 0 Å². The summed E-state index contributed by atoms with van der Waals surface area (Å²) >= 11 is 0. The third-order valence-corrected chi connectivity index (χ3v) is 2.59. The van der Waals surface area contributed by atoms with Crippen LogP contribution in [0.15, 0.2) is 12.2 Å². The van der Waals surface area contributed by atoms with Gasteiger partial charge in [-0.1, -0.05) is 26.0 Å². The molecule has 0 fully saturated rings. The Balaban J connectivity index is 3.65. The van der Waals surface area contributed by atoms with Gasteiger partial charge in [-0.15, -0.1) is 0 Å². The fraction of sp³-hybridized carbons (Fsp3) is 0.714. The molecular weight excluding hydrogens is 232 g/mol. The van der Waals surface area contributed by atoms with Gasteiger partial charge in [-0.05, 0) is 26.2 Å². The third-order valence-electron chi connectivity index (χ3n) is 2.59. The highest BCUT2D eigenvalue weighted by molar-refractivity contribution is 5.72. The van der Waals surface area contributed by atoms with Crippen molar-refractivity contribution in [1.82, 2.24) is 0 Å². The Morgan fingerprint density at radius 3 is 2.28 bits per heavy atom. The monoisotopic (exact) mass is 256 g/mol. The van der Waals surface area contributed by atoms with Crippen LogP contribution in [0.4, 0.5) is 0 Å². The summed E-state index contributed by atoms with van der Waals surface area (Å²) in [5.74, 6) is -0.227. The van der Waals surface area contributed by atoms with Crippen LogP contribution in [-0.4, -0.2) is 24.6 Å². The van der Waals surface area contributed by atoms with Gasteiger partial charge in [0.25, 0.3) is 0 Å². The Morgan fingerprint density at radius 2 is 1.72 bits per heavy atom. The summed E-state index contributed by atoms with van der Waals surface area (Å²) < 4.78 is 10.1. The van der Waals surface area contributed by atoms with Crippen LogP contribution >= 0.6 is 0 Å². The third kappa shape index (κ3) is 8.79. The molecular formula is C14H24O4. The fourth-order valence-electron chi connectivity index (χ4n) is 1.09. The predicted molar refractivity (Wildman–Crippen MR) is 70.0 cm³/mol. The second-order valence-corrected chi connectivity index (χ2v) is 4.54. The number of hydrogen-bond donors (Lipinski definition) is 0. The van der Waals surface area contributed by atoms with Gasteiger partial charge in [0.2, 0.25) is 0 Å². The maximum Gasteiger partial charge on any atom is 0.306 e. The van der Waals surface area contributed by atoms with Crippen LogP contribution in [0.2, 0.25) is 0 Å². The van der Waals surface area contributed by atoms with Gasteiger partial charge in [-0.2, -0.15) is 0 Å². The Hall–Kier alpha value is -1.32. The van der Waals surface area contributed by atoms with Crippen LogP contribution < -0.4 is 0 Å². The lowest BCUT2D eigenvalue weighted by atomic mass is 10.1. The normalized spacial score (nSPS) is 12.7. The SMILES string of the molecule is C/C=C/COC(=O)CCCC(=O)OC(C)C(C)C. The molecule has 0 spiro atoms. The molecule has 104 valence electrons. The van der Waals surface area contributed by atoms with Crippen LogP contribution in [-0.2, 0) is 19.1 Å². The van der Waals surface area contributed by atoms with Crippen molar-refractivity contribution in [2.75, 3.05) is 6.61 Å². The molecule has 0 aliphatic heterocycles. The van der Waals surface area contributed by atoms with Crippen LogP contribution in [0.5, 0.6) is 0 Å². The lowest BCUT2D eigenvalue weighted by molar-refractivity contribution is -0.150. The zero-order valence-electron chi connectivity index (χ0n) is 11.8. The van der Waals surface area contributed by atoms with Gasteiger partial charge in [0.05, 0.1) is 0 Å². The number of ether oxygens (including phenoxy) is 2. The highest BCUT2D eigenvalue weighted by Gasteiger charge is 2.13. The van der Waals surface area contributed by atoms with Gasteiger partial charge in [0.1, 0.15) is 12.7 Å². The minimum atomic E-state index is -0.280. The number of rotatable bonds is 8. The van der Waals surface area contributed by atoms with Crippen LogP contribution in [0.25, 0.3) is 0 Å².